The van der Waals surface area contributed by atoms with Gasteiger partial charge in [-0.15, -0.1) is 0 Å². The van der Waals surface area contributed by atoms with E-state index in [1.807, 2.05) is 6.07 Å². The Labute approximate surface area is 149 Å². The minimum atomic E-state index is -0.313. The van der Waals surface area contributed by atoms with Crippen LogP contribution in [0.2, 0.25) is 0 Å². The molecule has 1 heterocycles. The number of amides is 1. The molecule has 0 saturated carbocycles. The molecule has 1 saturated heterocycles. The van der Waals surface area contributed by atoms with E-state index in [9.17, 15) is 14.7 Å². The highest BCUT2D eigenvalue weighted by Gasteiger charge is 2.25. The summed E-state index contributed by atoms with van der Waals surface area (Å²) in [6.45, 7) is 2.07. The first kappa shape index (κ1) is 18.2. The van der Waals surface area contributed by atoms with Crippen molar-refractivity contribution in [3.63, 3.8) is 0 Å². The number of ether oxygens (including phenoxy) is 1. The molecule has 126 valence electrons. The Morgan fingerprint density at radius 1 is 1.42 bits per heavy atom. The number of thioether (sulfide) groups is 1. The van der Waals surface area contributed by atoms with Crippen LogP contribution in [0.3, 0.4) is 0 Å². The van der Waals surface area contributed by atoms with Crippen LogP contribution in [0.5, 0.6) is 5.75 Å². The van der Waals surface area contributed by atoms with E-state index in [4.69, 9.17) is 17.0 Å². The Hall–Kier alpha value is -2.12. The molecule has 1 aromatic rings. The number of esters is 1. The third-order valence-electron chi connectivity index (χ3n) is 3.16. The van der Waals surface area contributed by atoms with Gasteiger partial charge in [-0.3, -0.25) is 9.59 Å². The lowest BCUT2D eigenvalue weighted by Gasteiger charge is -2.05. The summed E-state index contributed by atoms with van der Waals surface area (Å²) in [6, 6.07) is 6.75. The lowest BCUT2D eigenvalue weighted by Crippen LogP contribution is -2.18. The van der Waals surface area contributed by atoms with Crippen LogP contribution in [0.4, 0.5) is 0 Å². The summed E-state index contributed by atoms with van der Waals surface area (Å²) in [5.74, 6) is -0.413. The summed E-state index contributed by atoms with van der Waals surface area (Å²) in [5, 5.41) is 12.1. The number of thiocarbonyl (C=S) groups is 1. The van der Waals surface area contributed by atoms with Gasteiger partial charge in [0.15, 0.2) is 0 Å². The van der Waals surface area contributed by atoms with E-state index in [-0.39, 0.29) is 24.0 Å². The topological polar surface area (TPSA) is 75.6 Å². The van der Waals surface area contributed by atoms with E-state index in [0.29, 0.717) is 27.8 Å². The summed E-state index contributed by atoms with van der Waals surface area (Å²) < 4.78 is 5.33. The van der Waals surface area contributed by atoms with Gasteiger partial charge in [-0.25, -0.2) is 0 Å². The summed E-state index contributed by atoms with van der Waals surface area (Å²) in [4.78, 5) is 24.1. The third kappa shape index (κ3) is 5.21. The molecule has 5 nitrogen and oxygen atoms in total. The SMILES string of the molecule is CCOC(=O)CCC(C=Cc1cccc(O)c1)=C1SC(=S)NC1=O. The highest BCUT2D eigenvalue weighted by Crippen LogP contribution is 2.30. The van der Waals surface area contributed by atoms with E-state index in [0.717, 1.165) is 5.56 Å². The number of nitrogens with one attached hydrogen (secondary N) is 1. The van der Waals surface area contributed by atoms with E-state index >= 15 is 0 Å². The molecule has 0 radical (unpaired) electrons. The Morgan fingerprint density at radius 3 is 2.83 bits per heavy atom. The number of aromatic hydroxyl groups is 1. The Bertz CT molecular complexity index is 725. The van der Waals surface area contributed by atoms with Crippen LogP contribution in [0.1, 0.15) is 25.3 Å². The van der Waals surface area contributed by atoms with Crippen LogP contribution >= 0.6 is 24.0 Å². The quantitative estimate of drug-likeness (QED) is 0.459. The zero-order valence-electron chi connectivity index (χ0n) is 13.1. The maximum Gasteiger partial charge on any atom is 0.306 e. The average molecular weight is 363 g/mol. The van der Waals surface area contributed by atoms with Crippen molar-refractivity contribution < 1.29 is 19.4 Å². The van der Waals surface area contributed by atoms with Crippen LogP contribution in [0.25, 0.3) is 6.08 Å². The molecule has 2 N–H and O–H groups in total. The van der Waals surface area contributed by atoms with E-state index < -0.39 is 0 Å². The van der Waals surface area contributed by atoms with Gasteiger partial charge in [-0.2, -0.15) is 0 Å². The minimum Gasteiger partial charge on any atom is -0.508 e. The molecule has 0 aromatic heterocycles. The van der Waals surface area contributed by atoms with Crippen LogP contribution in [-0.2, 0) is 14.3 Å². The lowest BCUT2D eigenvalue weighted by molar-refractivity contribution is -0.143. The maximum atomic E-state index is 12.0. The smallest absolute Gasteiger partial charge is 0.306 e. The molecule has 0 unspecified atom stereocenters. The number of benzene rings is 1. The van der Waals surface area contributed by atoms with Gasteiger partial charge in [0.25, 0.3) is 5.91 Å². The average Bonchev–Trinajstić information content (AvgIpc) is 2.86. The number of hydrogen-bond acceptors (Lipinski definition) is 6. The van der Waals surface area contributed by atoms with Crippen molar-refractivity contribution in [1.82, 2.24) is 5.32 Å². The molecular formula is C17H17NO4S2. The first-order valence-electron chi connectivity index (χ1n) is 7.38. The molecule has 0 bridgehead atoms. The summed E-state index contributed by atoms with van der Waals surface area (Å²) >= 11 is 6.20. The Morgan fingerprint density at radius 2 is 2.21 bits per heavy atom. The van der Waals surface area contributed by atoms with Gasteiger partial charge in [0.1, 0.15) is 10.1 Å². The number of phenolic OH excluding ortho intramolecular Hbond substituents is 1. The predicted molar refractivity (Wildman–Crippen MR) is 98.4 cm³/mol. The number of carbonyl (C=O) groups is 2. The zero-order chi connectivity index (χ0) is 17.5. The van der Waals surface area contributed by atoms with Crippen LogP contribution in [0, 0.1) is 0 Å². The van der Waals surface area contributed by atoms with Gasteiger partial charge >= 0.3 is 5.97 Å². The number of carbonyl (C=O) groups excluding carboxylic acids is 2. The fraction of sp³-hybridized carbons (Fsp3) is 0.235. The first-order valence-corrected chi connectivity index (χ1v) is 8.61. The van der Waals surface area contributed by atoms with Crippen molar-refractivity contribution in [2.45, 2.75) is 19.8 Å². The van der Waals surface area contributed by atoms with Gasteiger partial charge in [0, 0.05) is 6.42 Å². The van der Waals surface area contributed by atoms with Crippen LogP contribution < -0.4 is 5.32 Å². The molecule has 7 heteroatoms. The van der Waals surface area contributed by atoms with Crippen molar-refractivity contribution in [3.05, 3.63) is 46.4 Å². The van der Waals surface area contributed by atoms with Crippen molar-refractivity contribution in [3.8, 4) is 5.75 Å². The van der Waals surface area contributed by atoms with Gasteiger partial charge in [-0.05, 0) is 36.6 Å². The standard InChI is InChI=1S/C17H17NO4S2/c1-2-22-14(20)9-8-12(15-16(21)18-17(23)24-15)7-6-11-4-3-5-13(19)10-11/h3-7,10,19H,2,8-9H2,1H3,(H,18,21,23). The molecule has 1 aliphatic rings. The highest BCUT2D eigenvalue weighted by atomic mass is 32.2. The minimum absolute atomic E-state index is 0.159. The second-order valence-corrected chi connectivity index (χ2v) is 6.62. The molecule has 24 heavy (non-hydrogen) atoms. The number of phenols is 1. The number of rotatable bonds is 6. The fourth-order valence-corrected chi connectivity index (χ4v) is 3.21. The zero-order valence-corrected chi connectivity index (χ0v) is 14.7. The van der Waals surface area contributed by atoms with E-state index in [2.05, 4.69) is 5.32 Å². The second kappa shape index (κ2) is 8.65. The van der Waals surface area contributed by atoms with E-state index in [1.165, 1.54) is 11.8 Å². The van der Waals surface area contributed by atoms with Crippen LogP contribution in [-0.4, -0.2) is 27.9 Å². The van der Waals surface area contributed by atoms with Gasteiger partial charge < -0.3 is 15.2 Å². The lowest BCUT2D eigenvalue weighted by atomic mass is 10.1. The van der Waals surface area contributed by atoms with Gasteiger partial charge in [0.2, 0.25) is 0 Å². The molecule has 0 spiro atoms. The molecule has 2 rings (SSSR count). The molecule has 1 amide bonds. The van der Waals surface area contributed by atoms with Crippen molar-refractivity contribution in [1.29, 1.82) is 0 Å². The van der Waals surface area contributed by atoms with Crippen molar-refractivity contribution in [2.75, 3.05) is 6.61 Å². The normalized spacial score (nSPS) is 16.4. The number of hydrogen-bond donors (Lipinski definition) is 2. The monoisotopic (exact) mass is 363 g/mol. The third-order valence-corrected chi connectivity index (χ3v) is 4.45. The van der Waals surface area contributed by atoms with Gasteiger partial charge in [-0.1, -0.05) is 48.3 Å². The van der Waals surface area contributed by atoms with Gasteiger partial charge in [0.05, 0.1) is 11.5 Å². The number of allylic oxidation sites excluding steroid dienone is 2. The Balaban J connectivity index is 2.23. The fourth-order valence-electron chi connectivity index (χ4n) is 2.09. The van der Waals surface area contributed by atoms with E-state index in [1.54, 1.807) is 37.3 Å². The molecule has 0 atom stereocenters. The first-order chi connectivity index (χ1) is 11.5. The molecule has 1 fully saturated rings. The molecule has 1 aromatic carbocycles. The Kier molecular flexibility index (Phi) is 6.57. The summed E-state index contributed by atoms with van der Waals surface area (Å²) in [7, 11) is 0. The van der Waals surface area contributed by atoms with Crippen LogP contribution in [0.15, 0.2) is 40.8 Å². The maximum absolute atomic E-state index is 12.0. The summed E-state index contributed by atoms with van der Waals surface area (Å²) in [5.41, 5.74) is 1.49. The highest BCUT2D eigenvalue weighted by molar-refractivity contribution is 8.26. The van der Waals surface area contributed by atoms with Crippen molar-refractivity contribution in [2.24, 2.45) is 0 Å². The second-order valence-electron chi connectivity index (χ2n) is 4.93. The molecule has 1 aliphatic heterocycles. The van der Waals surface area contributed by atoms with Crippen molar-refractivity contribution >= 4 is 46.3 Å². The molecule has 0 aliphatic carbocycles. The predicted octanol–water partition coefficient (Wildman–Crippen LogP) is 3.15. The largest absolute Gasteiger partial charge is 0.508 e. The summed E-state index contributed by atoms with van der Waals surface area (Å²) in [6.07, 6.45) is 4.09. The molecular weight excluding hydrogens is 346 g/mol.